The molecule has 4 rings (SSSR count). The van der Waals surface area contributed by atoms with E-state index in [-0.39, 0.29) is 0 Å². The van der Waals surface area contributed by atoms with Crippen LogP contribution in [-0.4, -0.2) is 28.2 Å². The van der Waals surface area contributed by atoms with E-state index in [1.54, 1.807) is 0 Å². The van der Waals surface area contributed by atoms with Crippen LogP contribution < -0.4 is 0 Å². The Kier molecular flexibility index (Phi) is 5.55. The van der Waals surface area contributed by atoms with Gasteiger partial charge in [0.25, 0.3) is 0 Å². The number of benzene rings is 2. The SMILES string of the molecule is CCN(Sc1ccc2c(c1)CN(C(=O)C1CC1)CC2)[C@@H](C)c1ccccc1. The van der Waals surface area contributed by atoms with Crippen molar-refractivity contribution < 1.29 is 4.79 Å². The van der Waals surface area contributed by atoms with Gasteiger partial charge in [-0.05, 0) is 67.0 Å². The molecule has 1 heterocycles. The second kappa shape index (κ2) is 8.07. The normalized spacial score (nSPS) is 17.7. The van der Waals surface area contributed by atoms with Gasteiger partial charge in [0.1, 0.15) is 0 Å². The minimum atomic E-state index is 0.311. The van der Waals surface area contributed by atoms with E-state index in [0.717, 1.165) is 38.9 Å². The first-order chi connectivity index (χ1) is 13.2. The third kappa shape index (κ3) is 4.22. The molecule has 2 aromatic rings. The number of hydrogen-bond donors (Lipinski definition) is 0. The molecule has 0 bridgehead atoms. The summed E-state index contributed by atoms with van der Waals surface area (Å²) in [5, 5.41) is 0. The van der Waals surface area contributed by atoms with Crippen LogP contribution in [0.25, 0.3) is 0 Å². The summed E-state index contributed by atoms with van der Waals surface area (Å²) in [6.45, 7) is 7.10. The van der Waals surface area contributed by atoms with Gasteiger partial charge in [-0.2, -0.15) is 0 Å². The largest absolute Gasteiger partial charge is 0.338 e. The highest BCUT2D eigenvalue weighted by Gasteiger charge is 2.34. The lowest BCUT2D eigenvalue weighted by molar-refractivity contribution is -0.133. The molecule has 0 unspecified atom stereocenters. The van der Waals surface area contributed by atoms with Crippen LogP contribution in [0.15, 0.2) is 53.4 Å². The van der Waals surface area contributed by atoms with E-state index < -0.39 is 0 Å². The van der Waals surface area contributed by atoms with E-state index in [0.29, 0.717) is 17.9 Å². The molecule has 0 aromatic heterocycles. The second-order valence-corrected chi connectivity index (χ2v) is 8.75. The van der Waals surface area contributed by atoms with E-state index in [2.05, 4.69) is 71.6 Å². The molecule has 1 aliphatic heterocycles. The van der Waals surface area contributed by atoms with Gasteiger partial charge in [-0.25, -0.2) is 4.31 Å². The lowest BCUT2D eigenvalue weighted by atomic mass is 9.99. The lowest BCUT2D eigenvalue weighted by Gasteiger charge is -2.30. The van der Waals surface area contributed by atoms with Crippen molar-refractivity contribution in [2.45, 2.75) is 50.6 Å². The first kappa shape index (κ1) is 18.6. The topological polar surface area (TPSA) is 23.6 Å². The van der Waals surface area contributed by atoms with E-state index in [1.165, 1.54) is 21.6 Å². The zero-order valence-electron chi connectivity index (χ0n) is 16.2. The Morgan fingerprint density at radius 2 is 1.96 bits per heavy atom. The number of amides is 1. The van der Waals surface area contributed by atoms with E-state index in [9.17, 15) is 4.79 Å². The van der Waals surface area contributed by atoms with Crippen molar-refractivity contribution >= 4 is 17.9 Å². The summed E-state index contributed by atoms with van der Waals surface area (Å²) in [6.07, 6.45) is 3.15. The Hall–Kier alpha value is -1.78. The molecule has 0 radical (unpaired) electrons. The molecule has 3 nitrogen and oxygen atoms in total. The monoisotopic (exact) mass is 380 g/mol. The molecule has 1 saturated carbocycles. The fourth-order valence-corrected chi connectivity index (χ4v) is 4.82. The number of rotatable bonds is 6. The molecule has 1 fully saturated rings. The van der Waals surface area contributed by atoms with Crippen molar-refractivity contribution in [3.63, 3.8) is 0 Å². The summed E-state index contributed by atoms with van der Waals surface area (Å²) < 4.78 is 2.42. The van der Waals surface area contributed by atoms with Crippen molar-refractivity contribution in [2.24, 2.45) is 5.92 Å². The van der Waals surface area contributed by atoms with Gasteiger partial charge in [-0.15, -0.1) is 0 Å². The molecule has 1 amide bonds. The van der Waals surface area contributed by atoms with Crippen LogP contribution in [0.4, 0.5) is 0 Å². The first-order valence-corrected chi connectivity index (χ1v) is 10.8. The minimum Gasteiger partial charge on any atom is -0.338 e. The Bertz CT molecular complexity index is 803. The zero-order valence-corrected chi connectivity index (χ0v) is 17.0. The van der Waals surface area contributed by atoms with E-state index in [4.69, 9.17) is 0 Å². The molecule has 2 aromatic carbocycles. The molecule has 1 aliphatic carbocycles. The van der Waals surface area contributed by atoms with Crippen LogP contribution >= 0.6 is 11.9 Å². The highest BCUT2D eigenvalue weighted by molar-refractivity contribution is 7.97. The minimum absolute atomic E-state index is 0.311. The fourth-order valence-electron chi connectivity index (χ4n) is 3.82. The first-order valence-electron chi connectivity index (χ1n) is 10.1. The molecule has 0 N–H and O–H groups in total. The van der Waals surface area contributed by atoms with Crippen molar-refractivity contribution in [3.05, 3.63) is 65.2 Å². The fraction of sp³-hybridized carbons (Fsp3) is 0.435. The average Bonchev–Trinajstić information content (AvgIpc) is 3.56. The maximum absolute atomic E-state index is 12.4. The highest BCUT2D eigenvalue weighted by Crippen LogP contribution is 2.35. The Morgan fingerprint density at radius 3 is 2.67 bits per heavy atom. The van der Waals surface area contributed by atoms with Gasteiger partial charge in [0.05, 0.1) is 0 Å². The molecule has 1 atom stereocenters. The van der Waals surface area contributed by atoms with Gasteiger partial charge in [0.2, 0.25) is 5.91 Å². The van der Waals surface area contributed by atoms with Crippen LogP contribution in [0.3, 0.4) is 0 Å². The second-order valence-electron chi connectivity index (χ2n) is 7.63. The molecular formula is C23H28N2OS. The Labute approximate surface area is 166 Å². The average molecular weight is 381 g/mol. The van der Waals surface area contributed by atoms with Crippen molar-refractivity contribution in [3.8, 4) is 0 Å². The van der Waals surface area contributed by atoms with Crippen LogP contribution in [-0.2, 0) is 17.8 Å². The van der Waals surface area contributed by atoms with Crippen LogP contribution in [0.1, 0.15) is 49.4 Å². The van der Waals surface area contributed by atoms with Crippen LogP contribution in [0.5, 0.6) is 0 Å². The van der Waals surface area contributed by atoms with Gasteiger partial charge >= 0.3 is 0 Å². The van der Waals surface area contributed by atoms with Crippen molar-refractivity contribution in [1.29, 1.82) is 0 Å². The predicted molar refractivity (Wildman–Crippen MR) is 111 cm³/mol. The van der Waals surface area contributed by atoms with Crippen LogP contribution in [0, 0.1) is 5.92 Å². The molecule has 4 heteroatoms. The zero-order chi connectivity index (χ0) is 18.8. The quantitative estimate of drug-likeness (QED) is 0.654. The van der Waals surface area contributed by atoms with Gasteiger partial charge < -0.3 is 4.90 Å². The number of hydrogen-bond acceptors (Lipinski definition) is 3. The van der Waals surface area contributed by atoms with Crippen molar-refractivity contribution in [2.75, 3.05) is 13.1 Å². The van der Waals surface area contributed by atoms with Gasteiger partial charge in [-0.3, -0.25) is 4.79 Å². The standard InChI is InChI=1S/C23H28N2OS/c1-3-25(17(2)18-7-5-4-6-8-18)27-22-12-11-19-13-14-24(16-21(19)15-22)23(26)20-9-10-20/h4-8,11-12,15,17,20H,3,9-10,13-14,16H2,1-2H3/t17-/m0/s1. The molecule has 27 heavy (non-hydrogen) atoms. The van der Waals surface area contributed by atoms with Gasteiger partial charge in [-0.1, -0.05) is 43.3 Å². The highest BCUT2D eigenvalue weighted by atomic mass is 32.2. The third-order valence-electron chi connectivity index (χ3n) is 5.68. The van der Waals surface area contributed by atoms with E-state index >= 15 is 0 Å². The summed E-state index contributed by atoms with van der Waals surface area (Å²) in [5.74, 6) is 0.679. The molecule has 2 aliphatic rings. The van der Waals surface area contributed by atoms with Gasteiger partial charge in [0.15, 0.2) is 0 Å². The third-order valence-corrected chi connectivity index (χ3v) is 6.95. The molecule has 0 saturated heterocycles. The van der Waals surface area contributed by atoms with Crippen molar-refractivity contribution in [1.82, 2.24) is 9.21 Å². The summed E-state index contributed by atoms with van der Waals surface area (Å²) in [6, 6.07) is 17.8. The number of nitrogens with zero attached hydrogens (tertiary/aromatic N) is 2. The maximum atomic E-state index is 12.4. The van der Waals surface area contributed by atoms with Crippen LogP contribution in [0.2, 0.25) is 0 Å². The molecule has 0 spiro atoms. The smallest absolute Gasteiger partial charge is 0.225 e. The molecule has 142 valence electrons. The van der Waals surface area contributed by atoms with E-state index in [1.807, 2.05) is 11.9 Å². The number of carbonyl (C=O) groups is 1. The summed E-state index contributed by atoms with van der Waals surface area (Å²) in [7, 11) is 0. The summed E-state index contributed by atoms with van der Waals surface area (Å²) in [5.41, 5.74) is 4.06. The summed E-state index contributed by atoms with van der Waals surface area (Å²) >= 11 is 1.82. The lowest BCUT2D eigenvalue weighted by Crippen LogP contribution is -2.36. The predicted octanol–water partition coefficient (Wildman–Crippen LogP) is 5.07. The molecular weight excluding hydrogens is 352 g/mol. The maximum Gasteiger partial charge on any atom is 0.225 e. The number of fused-ring (bicyclic) bond motifs is 1. The summed E-state index contributed by atoms with van der Waals surface area (Å²) in [4.78, 5) is 15.8. The number of carbonyl (C=O) groups excluding carboxylic acids is 1. The Balaban J connectivity index is 1.48. The Morgan fingerprint density at radius 1 is 1.19 bits per heavy atom. The van der Waals surface area contributed by atoms with Gasteiger partial charge in [0, 0.05) is 36.5 Å².